The highest BCUT2D eigenvalue weighted by Crippen LogP contribution is 2.21. The van der Waals surface area contributed by atoms with E-state index in [2.05, 4.69) is 15.3 Å². The van der Waals surface area contributed by atoms with Crippen LogP contribution in [0.2, 0.25) is 0 Å². The number of aryl methyl sites for hydroxylation is 1. The number of hydrogen-bond acceptors (Lipinski definition) is 5. The molecule has 1 saturated heterocycles. The summed E-state index contributed by atoms with van der Waals surface area (Å²) in [5.74, 6) is 0.417. The van der Waals surface area contributed by atoms with Gasteiger partial charge < -0.3 is 16.0 Å². The Morgan fingerprint density at radius 2 is 2.32 bits per heavy atom. The molecule has 1 aliphatic rings. The van der Waals surface area contributed by atoms with Crippen molar-refractivity contribution in [3.63, 3.8) is 0 Å². The number of anilines is 1. The smallest absolute Gasteiger partial charge is 0.268 e. The summed E-state index contributed by atoms with van der Waals surface area (Å²) in [6, 6.07) is 1.69. The third-order valence-electron chi connectivity index (χ3n) is 3.84. The molecule has 7 nitrogen and oxygen atoms in total. The Balaban J connectivity index is 1.95. The SMILES string of the molecule is CC(C)NC(=O)CCn1ncc(N2CC[C@H](CN)C2)cc1=O. The molecule has 1 aromatic heterocycles. The van der Waals surface area contributed by atoms with Crippen molar-refractivity contribution in [3.05, 3.63) is 22.6 Å². The molecule has 1 aliphatic heterocycles. The van der Waals surface area contributed by atoms with Gasteiger partial charge in [-0.05, 0) is 32.7 Å². The van der Waals surface area contributed by atoms with Gasteiger partial charge in [0.05, 0.1) is 18.4 Å². The summed E-state index contributed by atoms with van der Waals surface area (Å²) in [5, 5.41) is 6.97. The number of nitrogens with two attached hydrogens (primary N) is 1. The zero-order valence-electron chi connectivity index (χ0n) is 13.3. The van der Waals surface area contributed by atoms with Crippen LogP contribution in [0.25, 0.3) is 0 Å². The lowest BCUT2D eigenvalue weighted by molar-refractivity contribution is -0.121. The summed E-state index contributed by atoms with van der Waals surface area (Å²) >= 11 is 0. The summed E-state index contributed by atoms with van der Waals surface area (Å²) in [7, 11) is 0. The molecule has 122 valence electrons. The van der Waals surface area contributed by atoms with Crippen LogP contribution < -0.4 is 21.5 Å². The number of nitrogens with one attached hydrogen (secondary N) is 1. The van der Waals surface area contributed by atoms with Gasteiger partial charge in [0.1, 0.15) is 0 Å². The van der Waals surface area contributed by atoms with Crippen LogP contribution in [0.5, 0.6) is 0 Å². The Labute approximate surface area is 130 Å². The van der Waals surface area contributed by atoms with Crippen LogP contribution >= 0.6 is 0 Å². The van der Waals surface area contributed by atoms with E-state index in [1.54, 1.807) is 12.3 Å². The fraction of sp³-hybridized carbons (Fsp3) is 0.667. The number of carbonyl (C=O) groups is 1. The van der Waals surface area contributed by atoms with Crippen molar-refractivity contribution in [2.45, 2.75) is 39.3 Å². The predicted octanol–water partition coefficient (Wildman–Crippen LogP) is -0.0570. The number of amides is 1. The molecule has 1 aromatic rings. The van der Waals surface area contributed by atoms with Gasteiger partial charge in [0.15, 0.2) is 0 Å². The molecule has 1 amide bonds. The normalized spacial score (nSPS) is 18.0. The number of hydrogen-bond donors (Lipinski definition) is 2. The molecule has 1 fully saturated rings. The maximum absolute atomic E-state index is 12.1. The molecule has 2 rings (SSSR count). The van der Waals surface area contributed by atoms with Crippen LogP contribution in [0.1, 0.15) is 26.7 Å². The first-order chi connectivity index (χ1) is 10.5. The molecule has 0 aromatic carbocycles. The standard InChI is InChI=1S/C15H25N5O2/c1-11(2)18-14(21)4-6-20-15(22)7-13(9-17-20)19-5-3-12(8-16)10-19/h7,9,11-12H,3-6,8,10,16H2,1-2H3,(H,18,21)/t12-/m1/s1. The molecule has 0 unspecified atom stereocenters. The van der Waals surface area contributed by atoms with Gasteiger partial charge in [-0.25, -0.2) is 4.68 Å². The Hall–Kier alpha value is -1.89. The molecule has 0 aliphatic carbocycles. The highest BCUT2D eigenvalue weighted by molar-refractivity contribution is 5.76. The van der Waals surface area contributed by atoms with Crippen LogP contribution in [0.3, 0.4) is 0 Å². The number of aromatic nitrogens is 2. The average Bonchev–Trinajstić information content (AvgIpc) is 2.94. The van der Waals surface area contributed by atoms with Crippen LogP contribution in [0.4, 0.5) is 5.69 Å². The molecule has 22 heavy (non-hydrogen) atoms. The number of nitrogens with zero attached hydrogens (tertiary/aromatic N) is 3. The van der Waals surface area contributed by atoms with Gasteiger partial charge in [0.25, 0.3) is 5.56 Å². The van der Waals surface area contributed by atoms with Crippen LogP contribution in [-0.4, -0.2) is 41.4 Å². The molecule has 0 radical (unpaired) electrons. The maximum atomic E-state index is 12.1. The third-order valence-corrected chi connectivity index (χ3v) is 3.84. The summed E-state index contributed by atoms with van der Waals surface area (Å²) in [6.45, 7) is 6.56. The minimum atomic E-state index is -0.175. The van der Waals surface area contributed by atoms with E-state index in [4.69, 9.17) is 5.73 Å². The van der Waals surface area contributed by atoms with E-state index in [0.29, 0.717) is 19.0 Å². The van der Waals surface area contributed by atoms with Crippen molar-refractivity contribution >= 4 is 11.6 Å². The summed E-state index contributed by atoms with van der Waals surface area (Å²) in [4.78, 5) is 25.8. The molecular formula is C15H25N5O2. The number of rotatable bonds is 6. The lowest BCUT2D eigenvalue weighted by Gasteiger charge is -2.18. The van der Waals surface area contributed by atoms with Gasteiger partial charge in [0, 0.05) is 31.6 Å². The van der Waals surface area contributed by atoms with Crippen molar-refractivity contribution < 1.29 is 4.79 Å². The van der Waals surface area contributed by atoms with Crippen molar-refractivity contribution in [2.24, 2.45) is 11.7 Å². The summed E-state index contributed by atoms with van der Waals surface area (Å²) in [6.07, 6.45) is 3.00. The predicted molar refractivity (Wildman–Crippen MR) is 85.8 cm³/mol. The van der Waals surface area contributed by atoms with E-state index in [1.165, 1.54) is 4.68 Å². The fourth-order valence-corrected chi connectivity index (χ4v) is 2.63. The van der Waals surface area contributed by atoms with Gasteiger partial charge in [-0.15, -0.1) is 0 Å². The molecular weight excluding hydrogens is 282 g/mol. The first-order valence-corrected chi connectivity index (χ1v) is 7.81. The Bertz CT molecular complexity index is 569. The van der Waals surface area contributed by atoms with Crippen molar-refractivity contribution in [2.75, 3.05) is 24.5 Å². The van der Waals surface area contributed by atoms with Crippen molar-refractivity contribution in [3.8, 4) is 0 Å². The minimum Gasteiger partial charge on any atom is -0.370 e. The highest BCUT2D eigenvalue weighted by Gasteiger charge is 2.22. The second-order valence-corrected chi connectivity index (χ2v) is 6.08. The third kappa shape index (κ3) is 4.30. The van der Waals surface area contributed by atoms with E-state index >= 15 is 0 Å². The Morgan fingerprint density at radius 1 is 1.55 bits per heavy atom. The van der Waals surface area contributed by atoms with Crippen LogP contribution in [-0.2, 0) is 11.3 Å². The minimum absolute atomic E-state index is 0.0712. The van der Waals surface area contributed by atoms with E-state index < -0.39 is 0 Å². The highest BCUT2D eigenvalue weighted by atomic mass is 16.2. The second-order valence-electron chi connectivity index (χ2n) is 6.08. The summed E-state index contributed by atoms with van der Waals surface area (Å²) in [5.41, 5.74) is 6.35. The molecule has 0 spiro atoms. The molecule has 7 heteroatoms. The lowest BCUT2D eigenvalue weighted by atomic mass is 10.1. The molecule has 0 bridgehead atoms. The molecule has 0 saturated carbocycles. The topological polar surface area (TPSA) is 93.2 Å². The first-order valence-electron chi connectivity index (χ1n) is 7.81. The van der Waals surface area contributed by atoms with Gasteiger partial charge in [0.2, 0.25) is 5.91 Å². The van der Waals surface area contributed by atoms with Gasteiger partial charge in [-0.1, -0.05) is 0 Å². The Kier molecular flexibility index (Phi) is 5.54. The van der Waals surface area contributed by atoms with Crippen LogP contribution in [0, 0.1) is 5.92 Å². The first kappa shape index (κ1) is 16.5. The molecule has 1 atom stereocenters. The Morgan fingerprint density at radius 3 is 2.91 bits per heavy atom. The fourth-order valence-electron chi connectivity index (χ4n) is 2.63. The van der Waals surface area contributed by atoms with E-state index in [1.807, 2.05) is 13.8 Å². The molecule has 2 heterocycles. The zero-order chi connectivity index (χ0) is 16.1. The van der Waals surface area contributed by atoms with E-state index in [9.17, 15) is 9.59 Å². The largest absolute Gasteiger partial charge is 0.370 e. The zero-order valence-corrected chi connectivity index (χ0v) is 13.3. The monoisotopic (exact) mass is 307 g/mol. The maximum Gasteiger partial charge on any atom is 0.268 e. The van der Waals surface area contributed by atoms with E-state index in [-0.39, 0.29) is 23.9 Å². The van der Waals surface area contributed by atoms with Gasteiger partial charge in [-0.3, -0.25) is 9.59 Å². The van der Waals surface area contributed by atoms with Gasteiger partial charge in [-0.2, -0.15) is 5.10 Å². The molecule has 3 N–H and O–H groups in total. The van der Waals surface area contributed by atoms with Crippen LogP contribution in [0.15, 0.2) is 17.1 Å². The lowest BCUT2D eigenvalue weighted by Crippen LogP contribution is -2.33. The van der Waals surface area contributed by atoms with Crippen molar-refractivity contribution in [1.82, 2.24) is 15.1 Å². The van der Waals surface area contributed by atoms with E-state index in [0.717, 1.165) is 25.2 Å². The summed E-state index contributed by atoms with van der Waals surface area (Å²) < 4.78 is 1.33. The average molecular weight is 307 g/mol. The quantitative estimate of drug-likeness (QED) is 0.768. The van der Waals surface area contributed by atoms with Crippen molar-refractivity contribution in [1.29, 1.82) is 0 Å². The second kappa shape index (κ2) is 7.40. The number of carbonyl (C=O) groups excluding carboxylic acids is 1. The van der Waals surface area contributed by atoms with Gasteiger partial charge >= 0.3 is 0 Å².